The first kappa shape index (κ1) is 13.3. The standard InChI is InChI=1S/C14H21BrN4/c1-2-13-16-12(15)9-14(17-13)19-7-5-18(6-8-19)10-11-3-4-11/h9,11H,2-8,10H2,1H3. The molecular weight excluding hydrogens is 304 g/mol. The van der Waals surface area contributed by atoms with Gasteiger partial charge in [-0.15, -0.1) is 0 Å². The second kappa shape index (κ2) is 5.75. The zero-order chi connectivity index (χ0) is 13.2. The summed E-state index contributed by atoms with van der Waals surface area (Å²) in [4.78, 5) is 14.0. The molecule has 5 heteroatoms. The van der Waals surface area contributed by atoms with Crippen molar-refractivity contribution < 1.29 is 0 Å². The van der Waals surface area contributed by atoms with Gasteiger partial charge in [0.15, 0.2) is 0 Å². The van der Waals surface area contributed by atoms with Crippen molar-refractivity contribution in [3.05, 3.63) is 16.5 Å². The number of aromatic nitrogens is 2. The van der Waals surface area contributed by atoms with Gasteiger partial charge in [0.05, 0.1) is 0 Å². The van der Waals surface area contributed by atoms with E-state index in [1.807, 2.05) is 6.07 Å². The second-order valence-corrected chi connectivity index (χ2v) is 6.36. The molecule has 1 saturated carbocycles. The number of anilines is 1. The third kappa shape index (κ3) is 3.45. The van der Waals surface area contributed by atoms with Gasteiger partial charge in [-0.25, -0.2) is 9.97 Å². The van der Waals surface area contributed by atoms with Crippen molar-refractivity contribution in [2.45, 2.75) is 26.2 Å². The normalized spacial score (nSPS) is 20.8. The van der Waals surface area contributed by atoms with Crippen LogP contribution in [0.25, 0.3) is 0 Å². The minimum atomic E-state index is 0.883. The molecule has 0 N–H and O–H groups in total. The molecule has 2 aliphatic rings. The van der Waals surface area contributed by atoms with Gasteiger partial charge >= 0.3 is 0 Å². The van der Waals surface area contributed by atoms with Gasteiger partial charge in [-0.2, -0.15) is 0 Å². The molecule has 1 aromatic heterocycles. The fourth-order valence-electron chi connectivity index (χ4n) is 2.60. The lowest BCUT2D eigenvalue weighted by molar-refractivity contribution is 0.247. The van der Waals surface area contributed by atoms with Crippen LogP contribution in [-0.2, 0) is 6.42 Å². The lowest BCUT2D eigenvalue weighted by atomic mass is 10.2. The molecule has 0 amide bonds. The van der Waals surface area contributed by atoms with Gasteiger partial charge in [0, 0.05) is 45.2 Å². The maximum atomic E-state index is 4.64. The molecule has 0 spiro atoms. The summed E-state index contributed by atoms with van der Waals surface area (Å²) in [5, 5.41) is 0. The highest BCUT2D eigenvalue weighted by molar-refractivity contribution is 9.10. The van der Waals surface area contributed by atoms with Crippen LogP contribution in [0.15, 0.2) is 10.7 Å². The number of aryl methyl sites for hydroxylation is 1. The predicted molar refractivity (Wildman–Crippen MR) is 80.5 cm³/mol. The van der Waals surface area contributed by atoms with Crippen LogP contribution in [-0.4, -0.2) is 47.6 Å². The van der Waals surface area contributed by atoms with Crippen LogP contribution in [0.2, 0.25) is 0 Å². The molecule has 1 aliphatic carbocycles. The molecule has 0 bridgehead atoms. The Morgan fingerprint density at radius 1 is 1.21 bits per heavy atom. The molecular formula is C14H21BrN4. The van der Waals surface area contributed by atoms with E-state index in [1.54, 1.807) is 0 Å². The Morgan fingerprint density at radius 2 is 1.95 bits per heavy atom. The highest BCUT2D eigenvalue weighted by Gasteiger charge is 2.26. The van der Waals surface area contributed by atoms with Crippen LogP contribution in [0.5, 0.6) is 0 Å². The third-order valence-corrected chi connectivity index (χ3v) is 4.36. The number of hydrogen-bond donors (Lipinski definition) is 0. The molecule has 1 aliphatic heterocycles. The molecule has 0 aromatic carbocycles. The van der Waals surface area contributed by atoms with E-state index in [-0.39, 0.29) is 0 Å². The van der Waals surface area contributed by atoms with Gasteiger partial charge in [-0.1, -0.05) is 6.92 Å². The van der Waals surface area contributed by atoms with Crippen LogP contribution >= 0.6 is 15.9 Å². The summed E-state index contributed by atoms with van der Waals surface area (Å²) in [7, 11) is 0. The Labute approximate surface area is 123 Å². The summed E-state index contributed by atoms with van der Waals surface area (Å²) in [6, 6.07) is 2.04. The number of hydrogen-bond acceptors (Lipinski definition) is 4. The summed E-state index contributed by atoms with van der Waals surface area (Å²) in [6.07, 6.45) is 3.77. The number of piperazine rings is 1. The molecule has 19 heavy (non-hydrogen) atoms. The summed E-state index contributed by atoms with van der Waals surface area (Å²) < 4.78 is 0.898. The van der Waals surface area contributed by atoms with Crippen molar-refractivity contribution in [2.75, 3.05) is 37.6 Å². The average Bonchev–Trinajstić information content (AvgIpc) is 3.23. The zero-order valence-corrected chi connectivity index (χ0v) is 13.1. The lowest BCUT2D eigenvalue weighted by Crippen LogP contribution is -2.47. The maximum Gasteiger partial charge on any atom is 0.133 e. The van der Waals surface area contributed by atoms with Crippen LogP contribution in [0, 0.1) is 5.92 Å². The van der Waals surface area contributed by atoms with E-state index < -0.39 is 0 Å². The maximum absolute atomic E-state index is 4.64. The molecule has 1 saturated heterocycles. The van der Waals surface area contributed by atoms with Gasteiger partial charge < -0.3 is 4.90 Å². The Bertz CT molecular complexity index is 439. The predicted octanol–water partition coefficient (Wildman–Crippen LogP) is 2.33. The summed E-state index contributed by atoms with van der Waals surface area (Å²) in [6.45, 7) is 7.90. The average molecular weight is 325 g/mol. The Morgan fingerprint density at radius 3 is 2.58 bits per heavy atom. The molecule has 2 fully saturated rings. The van der Waals surface area contributed by atoms with Crippen LogP contribution in [0.4, 0.5) is 5.82 Å². The second-order valence-electron chi connectivity index (χ2n) is 5.55. The van der Waals surface area contributed by atoms with Crippen molar-refractivity contribution in [3.8, 4) is 0 Å². The van der Waals surface area contributed by atoms with E-state index in [4.69, 9.17) is 0 Å². The first-order chi connectivity index (χ1) is 9.24. The van der Waals surface area contributed by atoms with Crippen LogP contribution in [0.1, 0.15) is 25.6 Å². The number of rotatable bonds is 4. The Balaban J connectivity index is 1.62. The first-order valence-electron chi connectivity index (χ1n) is 7.25. The molecule has 2 heterocycles. The van der Waals surface area contributed by atoms with E-state index in [0.29, 0.717) is 0 Å². The third-order valence-electron chi connectivity index (χ3n) is 3.95. The van der Waals surface area contributed by atoms with Gasteiger partial charge in [0.1, 0.15) is 16.2 Å². The van der Waals surface area contributed by atoms with Crippen molar-refractivity contribution >= 4 is 21.7 Å². The Hall–Kier alpha value is -0.680. The first-order valence-corrected chi connectivity index (χ1v) is 8.04. The SMILES string of the molecule is CCc1nc(Br)cc(N2CCN(CC3CC3)CC2)n1. The molecule has 104 valence electrons. The monoisotopic (exact) mass is 324 g/mol. The molecule has 1 aromatic rings. The molecule has 0 radical (unpaired) electrons. The van der Waals surface area contributed by atoms with Gasteiger partial charge in [-0.3, -0.25) is 4.90 Å². The topological polar surface area (TPSA) is 32.3 Å². The number of nitrogens with zero attached hydrogens (tertiary/aromatic N) is 4. The largest absolute Gasteiger partial charge is 0.354 e. The Kier molecular flexibility index (Phi) is 4.03. The summed E-state index contributed by atoms with van der Waals surface area (Å²) in [5.41, 5.74) is 0. The molecule has 3 rings (SSSR count). The van der Waals surface area contributed by atoms with Crippen LogP contribution < -0.4 is 4.90 Å². The van der Waals surface area contributed by atoms with Gasteiger partial charge in [0.2, 0.25) is 0 Å². The number of halogens is 1. The van der Waals surface area contributed by atoms with Gasteiger partial charge in [-0.05, 0) is 34.7 Å². The fourth-order valence-corrected chi connectivity index (χ4v) is 3.01. The van der Waals surface area contributed by atoms with E-state index in [9.17, 15) is 0 Å². The minimum Gasteiger partial charge on any atom is -0.354 e. The summed E-state index contributed by atoms with van der Waals surface area (Å²) in [5.74, 6) is 2.99. The van der Waals surface area contributed by atoms with E-state index in [2.05, 4.69) is 42.6 Å². The highest BCUT2D eigenvalue weighted by Crippen LogP contribution is 2.30. The minimum absolute atomic E-state index is 0.883. The zero-order valence-electron chi connectivity index (χ0n) is 11.5. The lowest BCUT2D eigenvalue weighted by Gasteiger charge is -2.35. The van der Waals surface area contributed by atoms with Crippen LogP contribution in [0.3, 0.4) is 0 Å². The van der Waals surface area contributed by atoms with Gasteiger partial charge in [0.25, 0.3) is 0 Å². The molecule has 0 atom stereocenters. The van der Waals surface area contributed by atoms with E-state index >= 15 is 0 Å². The fraction of sp³-hybridized carbons (Fsp3) is 0.714. The molecule has 4 nitrogen and oxygen atoms in total. The highest BCUT2D eigenvalue weighted by atomic mass is 79.9. The smallest absolute Gasteiger partial charge is 0.133 e. The van der Waals surface area contributed by atoms with Crippen molar-refractivity contribution in [1.82, 2.24) is 14.9 Å². The van der Waals surface area contributed by atoms with Crippen molar-refractivity contribution in [2.24, 2.45) is 5.92 Å². The quantitative estimate of drug-likeness (QED) is 0.796. The summed E-state index contributed by atoms with van der Waals surface area (Å²) >= 11 is 3.49. The van der Waals surface area contributed by atoms with Crippen molar-refractivity contribution in [3.63, 3.8) is 0 Å². The van der Waals surface area contributed by atoms with Crippen molar-refractivity contribution in [1.29, 1.82) is 0 Å². The van der Waals surface area contributed by atoms with E-state index in [0.717, 1.165) is 41.7 Å². The van der Waals surface area contributed by atoms with E-state index in [1.165, 1.54) is 32.5 Å². The molecule has 0 unspecified atom stereocenters.